The van der Waals surface area contributed by atoms with Crippen LogP contribution in [0.2, 0.25) is 0 Å². The SMILES string of the molecule is CCCC(CCSC(O)C(C)O)OC. The van der Waals surface area contributed by atoms with Crippen LogP contribution in [0.5, 0.6) is 0 Å². The summed E-state index contributed by atoms with van der Waals surface area (Å²) < 4.78 is 5.28. The van der Waals surface area contributed by atoms with Crippen LogP contribution in [0, 0.1) is 0 Å². The molecule has 3 unspecified atom stereocenters. The Labute approximate surface area is 90.8 Å². The van der Waals surface area contributed by atoms with Crippen LogP contribution in [0.25, 0.3) is 0 Å². The molecule has 0 aromatic carbocycles. The van der Waals surface area contributed by atoms with Crippen molar-refractivity contribution in [3.8, 4) is 0 Å². The monoisotopic (exact) mass is 222 g/mol. The molecule has 0 aromatic rings. The third kappa shape index (κ3) is 6.65. The van der Waals surface area contributed by atoms with Crippen LogP contribution in [-0.4, -0.2) is 40.7 Å². The first-order chi connectivity index (χ1) is 6.61. The molecule has 0 radical (unpaired) electrons. The minimum absolute atomic E-state index is 0.286. The van der Waals surface area contributed by atoms with Gasteiger partial charge in [-0.25, -0.2) is 0 Å². The quantitative estimate of drug-likeness (QED) is 0.613. The van der Waals surface area contributed by atoms with Gasteiger partial charge in [0.05, 0.1) is 12.2 Å². The minimum Gasteiger partial charge on any atom is -0.390 e. The molecule has 0 spiro atoms. The third-order valence-corrected chi connectivity index (χ3v) is 3.29. The van der Waals surface area contributed by atoms with E-state index in [9.17, 15) is 5.11 Å². The molecule has 0 fully saturated rings. The maximum Gasteiger partial charge on any atom is 0.125 e. The van der Waals surface area contributed by atoms with Crippen molar-refractivity contribution in [2.24, 2.45) is 0 Å². The van der Waals surface area contributed by atoms with Gasteiger partial charge in [-0.05, 0) is 25.5 Å². The lowest BCUT2D eigenvalue weighted by atomic mass is 10.2. The average Bonchev–Trinajstić information content (AvgIpc) is 2.16. The molecule has 0 heterocycles. The number of thioether (sulfide) groups is 1. The van der Waals surface area contributed by atoms with E-state index >= 15 is 0 Å². The fraction of sp³-hybridized carbons (Fsp3) is 1.00. The van der Waals surface area contributed by atoms with Crippen LogP contribution < -0.4 is 0 Å². The molecule has 0 aromatic heterocycles. The van der Waals surface area contributed by atoms with E-state index in [2.05, 4.69) is 6.92 Å². The molecule has 0 aliphatic carbocycles. The van der Waals surface area contributed by atoms with Crippen molar-refractivity contribution < 1.29 is 14.9 Å². The molecular formula is C10H22O3S. The van der Waals surface area contributed by atoms with Gasteiger partial charge in [0.15, 0.2) is 0 Å². The summed E-state index contributed by atoms with van der Waals surface area (Å²) in [5, 5.41) is 18.4. The fourth-order valence-electron chi connectivity index (χ4n) is 1.16. The number of hydrogen-bond acceptors (Lipinski definition) is 4. The molecule has 14 heavy (non-hydrogen) atoms. The second kappa shape index (κ2) is 8.53. The summed E-state index contributed by atoms with van der Waals surface area (Å²) in [6.45, 7) is 3.72. The van der Waals surface area contributed by atoms with E-state index in [0.29, 0.717) is 0 Å². The highest BCUT2D eigenvalue weighted by atomic mass is 32.2. The number of rotatable bonds is 8. The van der Waals surface area contributed by atoms with Crippen LogP contribution in [0.15, 0.2) is 0 Å². The predicted octanol–water partition coefficient (Wildman–Crippen LogP) is 1.62. The van der Waals surface area contributed by atoms with Crippen molar-refractivity contribution >= 4 is 11.8 Å². The molecule has 0 bridgehead atoms. The van der Waals surface area contributed by atoms with Crippen molar-refractivity contribution in [1.82, 2.24) is 0 Å². The smallest absolute Gasteiger partial charge is 0.125 e. The van der Waals surface area contributed by atoms with Crippen LogP contribution in [0.4, 0.5) is 0 Å². The standard InChI is InChI=1S/C10H22O3S/c1-4-5-9(13-3)6-7-14-10(12)8(2)11/h8-12H,4-7H2,1-3H3. The van der Waals surface area contributed by atoms with Crippen LogP contribution >= 0.6 is 11.8 Å². The lowest BCUT2D eigenvalue weighted by Crippen LogP contribution is -2.20. The first kappa shape index (κ1) is 14.2. The molecular weight excluding hydrogens is 200 g/mol. The van der Waals surface area contributed by atoms with E-state index in [-0.39, 0.29) is 6.10 Å². The fourth-order valence-corrected chi connectivity index (χ4v) is 2.08. The van der Waals surface area contributed by atoms with E-state index in [1.807, 2.05) is 0 Å². The maximum absolute atomic E-state index is 9.31. The van der Waals surface area contributed by atoms with Crippen molar-refractivity contribution in [1.29, 1.82) is 0 Å². The molecule has 0 aliphatic rings. The Morgan fingerprint density at radius 1 is 1.29 bits per heavy atom. The molecule has 3 atom stereocenters. The predicted molar refractivity (Wildman–Crippen MR) is 60.5 cm³/mol. The molecule has 0 saturated heterocycles. The summed E-state index contributed by atoms with van der Waals surface area (Å²) in [5.74, 6) is 0.824. The molecule has 0 saturated carbocycles. The Hall–Kier alpha value is 0.230. The number of aliphatic hydroxyl groups excluding tert-OH is 2. The van der Waals surface area contributed by atoms with E-state index in [1.165, 1.54) is 11.8 Å². The van der Waals surface area contributed by atoms with Gasteiger partial charge in [0.25, 0.3) is 0 Å². The number of aliphatic hydroxyl groups is 2. The van der Waals surface area contributed by atoms with Crippen molar-refractivity contribution in [2.45, 2.75) is 50.8 Å². The largest absolute Gasteiger partial charge is 0.390 e. The first-order valence-electron chi connectivity index (χ1n) is 5.12. The summed E-state index contributed by atoms with van der Waals surface area (Å²) in [7, 11) is 1.72. The molecule has 86 valence electrons. The maximum atomic E-state index is 9.31. The van der Waals surface area contributed by atoms with Gasteiger partial charge < -0.3 is 14.9 Å². The molecule has 0 aliphatic heterocycles. The average molecular weight is 222 g/mol. The van der Waals surface area contributed by atoms with Gasteiger partial charge in [0.2, 0.25) is 0 Å². The molecule has 2 N–H and O–H groups in total. The summed E-state index contributed by atoms with van der Waals surface area (Å²) in [6.07, 6.45) is 2.73. The highest BCUT2D eigenvalue weighted by Crippen LogP contribution is 2.16. The summed E-state index contributed by atoms with van der Waals surface area (Å²) in [4.78, 5) is 0. The topological polar surface area (TPSA) is 49.7 Å². The second-order valence-electron chi connectivity index (χ2n) is 3.44. The Morgan fingerprint density at radius 3 is 2.36 bits per heavy atom. The Balaban J connectivity index is 3.50. The van der Waals surface area contributed by atoms with E-state index in [4.69, 9.17) is 9.84 Å². The minimum atomic E-state index is -0.672. The lowest BCUT2D eigenvalue weighted by Gasteiger charge is -2.16. The number of hydrogen-bond donors (Lipinski definition) is 2. The highest BCUT2D eigenvalue weighted by molar-refractivity contribution is 7.99. The summed E-state index contributed by atoms with van der Waals surface area (Å²) >= 11 is 1.38. The number of methoxy groups -OCH3 is 1. The van der Waals surface area contributed by atoms with Gasteiger partial charge in [-0.3, -0.25) is 0 Å². The van der Waals surface area contributed by atoms with Crippen LogP contribution in [-0.2, 0) is 4.74 Å². The van der Waals surface area contributed by atoms with E-state index in [0.717, 1.165) is 25.0 Å². The van der Waals surface area contributed by atoms with Crippen LogP contribution in [0.1, 0.15) is 33.1 Å². The number of ether oxygens (including phenoxy) is 1. The van der Waals surface area contributed by atoms with Gasteiger partial charge in [-0.1, -0.05) is 13.3 Å². The summed E-state index contributed by atoms with van der Waals surface area (Å²) in [6, 6.07) is 0. The molecule has 4 heteroatoms. The summed E-state index contributed by atoms with van der Waals surface area (Å²) in [5.41, 5.74) is -0.672. The van der Waals surface area contributed by atoms with Gasteiger partial charge in [0, 0.05) is 7.11 Å². The van der Waals surface area contributed by atoms with Crippen molar-refractivity contribution in [3.05, 3.63) is 0 Å². The van der Waals surface area contributed by atoms with E-state index in [1.54, 1.807) is 14.0 Å². The molecule has 3 nitrogen and oxygen atoms in total. The zero-order valence-electron chi connectivity index (χ0n) is 9.27. The van der Waals surface area contributed by atoms with Crippen molar-refractivity contribution in [3.63, 3.8) is 0 Å². The van der Waals surface area contributed by atoms with Crippen molar-refractivity contribution in [2.75, 3.05) is 12.9 Å². The van der Waals surface area contributed by atoms with Gasteiger partial charge in [-0.15, -0.1) is 11.8 Å². The first-order valence-corrected chi connectivity index (χ1v) is 6.17. The van der Waals surface area contributed by atoms with Crippen LogP contribution in [0.3, 0.4) is 0 Å². The molecule has 0 amide bonds. The Bertz CT molecular complexity index is 131. The zero-order chi connectivity index (χ0) is 11.0. The highest BCUT2D eigenvalue weighted by Gasteiger charge is 2.12. The third-order valence-electron chi connectivity index (χ3n) is 2.09. The Kier molecular flexibility index (Phi) is 8.67. The van der Waals surface area contributed by atoms with Gasteiger partial charge >= 0.3 is 0 Å². The zero-order valence-corrected chi connectivity index (χ0v) is 10.1. The normalized spacial score (nSPS) is 17.8. The molecule has 0 rings (SSSR count). The lowest BCUT2D eigenvalue weighted by molar-refractivity contribution is 0.0846. The second-order valence-corrected chi connectivity index (χ2v) is 4.66. The van der Waals surface area contributed by atoms with Gasteiger partial charge in [-0.2, -0.15) is 0 Å². The Morgan fingerprint density at radius 2 is 1.93 bits per heavy atom. The van der Waals surface area contributed by atoms with E-state index < -0.39 is 11.5 Å². The van der Waals surface area contributed by atoms with Gasteiger partial charge in [0.1, 0.15) is 5.44 Å².